The summed E-state index contributed by atoms with van der Waals surface area (Å²) >= 11 is 2.10. The first-order valence-electron chi connectivity index (χ1n) is 3.82. The molecule has 0 aliphatic carbocycles. The molecule has 0 aromatic heterocycles. The Morgan fingerprint density at radius 3 is 2.82 bits per heavy atom. The van der Waals surface area contributed by atoms with Gasteiger partial charge in [-0.3, -0.25) is 4.79 Å². The monoisotopic (exact) mass is 265 g/mol. The molecule has 1 fully saturated rings. The zero-order valence-corrected chi connectivity index (χ0v) is 8.80. The molecule has 1 amide bonds. The SMILES string of the molecule is C=C(I)N1CCC(CC)C1=O. The quantitative estimate of drug-likeness (QED) is 0.553. The summed E-state index contributed by atoms with van der Waals surface area (Å²) in [5.41, 5.74) is 0. The Kier molecular flexibility index (Phi) is 2.92. The first-order chi connectivity index (χ1) is 5.16. The minimum Gasteiger partial charge on any atom is -0.307 e. The lowest BCUT2D eigenvalue weighted by atomic mass is 10.1. The summed E-state index contributed by atoms with van der Waals surface area (Å²) in [4.78, 5) is 13.2. The first kappa shape index (κ1) is 9.03. The second-order valence-corrected chi connectivity index (χ2v) is 4.01. The van der Waals surface area contributed by atoms with Crippen molar-refractivity contribution in [3.63, 3.8) is 0 Å². The molecular formula is C8H12INO. The smallest absolute Gasteiger partial charge is 0.230 e. The van der Waals surface area contributed by atoms with E-state index in [4.69, 9.17) is 0 Å². The van der Waals surface area contributed by atoms with E-state index in [1.807, 2.05) is 0 Å². The van der Waals surface area contributed by atoms with Gasteiger partial charge >= 0.3 is 0 Å². The third-order valence-corrected chi connectivity index (χ3v) is 2.68. The molecule has 11 heavy (non-hydrogen) atoms. The summed E-state index contributed by atoms with van der Waals surface area (Å²) in [6.45, 7) is 6.67. The lowest BCUT2D eigenvalue weighted by Gasteiger charge is -2.13. The highest BCUT2D eigenvalue weighted by molar-refractivity contribution is 14.1. The van der Waals surface area contributed by atoms with Crippen LogP contribution in [0.5, 0.6) is 0 Å². The van der Waals surface area contributed by atoms with Gasteiger partial charge in [-0.15, -0.1) is 0 Å². The normalized spacial score (nSPS) is 24.4. The van der Waals surface area contributed by atoms with Crippen molar-refractivity contribution in [2.24, 2.45) is 5.92 Å². The molecule has 1 unspecified atom stereocenters. The van der Waals surface area contributed by atoms with E-state index in [1.54, 1.807) is 4.90 Å². The summed E-state index contributed by atoms with van der Waals surface area (Å²) in [5.74, 6) is 0.508. The summed E-state index contributed by atoms with van der Waals surface area (Å²) in [6.07, 6.45) is 1.95. The van der Waals surface area contributed by atoms with Crippen LogP contribution >= 0.6 is 22.6 Å². The maximum absolute atomic E-state index is 11.4. The minimum atomic E-state index is 0.251. The molecule has 0 radical (unpaired) electrons. The Labute approximate surface area is 80.8 Å². The summed E-state index contributed by atoms with van der Waals surface area (Å²) in [6, 6.07) is 0. The average Bonchev–Trinajstić information content (AvgIpc) is 2.30. The molecule has 1 heterocycles. The molecule has 0 spiro atoms. The molecule has 0 N–H and O–H groups in total. The van der Waals surface area contributed by atoms with Crippen molar-refractivity contribution in [2.45, 2.75) is 19.8 Å². The highest BCUT2D eigenvalue weighted by Crippen LogP contribution is 2.25. The van der Waals surface area contributed by atoms with Gasteiger partial charge < -0.3 is 4.90 Å². The molecular weight excluding hydrogens is 253 g/mol. The van der Waals surface area contributed by atoms with Gasteiger partial charge in [0.1, 0.15) is 0 Å². The van der Waals surface area contributed by atoms with E-state index in [0.717, 1.165) is 23.1 Å². The molecule has 62 valence electrons. The first-order valence-corrected chi connectivity index (χ1v) is 4.90. The lowest BCUT2D eigenvalue weighted by molar-refractivity contribution is -0.128. The van der Waals surface area contributed by atoms with Crippen molar-refractivity contribution < 1.29 is 4.79 Å². The summed E-state index contributed by atoms with van der Waals surface area (Å²) in [7, 11) is 0. The molecule has 1 saturated heterocycles. The van der Waals surface area contributed by atoms with Gasteiger partial charge in [0, 0.05) is 12.5 Å². The van der Waals surface area contributed by atoms with Gasteiger partial charge in [0.25, 0.3) is 0 Å². The van der Waals surface area contributed by atoms with Crippen LogP contribution in [0.3, 0.4) is 0 Å². The van der Waals surface area contributed by atoms with Crippen molar-refractivity contribution in [1.82, 2.24) is 4.90 Å². The van der Waals surface area contributed by atoms with Gasteiger partial charge in [-0.05, 0) is 35.4 Å². The van der Waals surface area contributed by atoms with Gasteiger partial charge in [0.15, 0.2) is 0 Å². The Balaban J connectivity index is 2.63. The minimum absolute atomic E-state index is 0.251. The van der Waals surface area contributed by atoms with E-state index >= 15 is 0 Å². The second-order valence-electron chi connectivity index (χ2n) is 2.76. The van der Waals surface area contributed by atoms with Crippen molar-refractivity contribution in [3.8, 4) is 0 Å². The van der Waals surface area contributed by atoms with Gasteiger partial charge in [-0.2, -0.15) is 0 Å². The van der Waals surface area contributed by atoms with E-state index in [1.165, 1.54) is 0 Å². The number of likely N-dealkylation sites (tertiary alicyclic amines) is 1. The molecule has 0 aromatic carbocycles. The second kappa shape index (κ2) is 3.56. The van der Waals surface area contributed by atoms with Gasteiger partial charge in [0.2, 0.25) is 5.91 Å². The number of hydrogen-bond acceptors (Lipinski definition) is 1. The van der Waals surface area contributed by atoms with Crippen molar-refractivity contribution in [3.05, 3.63) is 10.3 Å². The fourth-order valence-electron chi connectivity index (χ4n) is 1.36. The van der Waals surface area contributed by atoms with Crippen LogP contribution in [0.25, 0.3) is 0 Å². The standard InChI is InChI=1S/C8H12INO/c1-3-7-4-5-10(6(2)9)8(7)11/h7H,2-5H2,1H3. The third-order valence-electron chi connectivity index (χ3n) is 2.10. The Hall–Kier alpha value is -0.0600. The zero-order valence-electron chi connectivity index (χ0n) is 6.64. The van der Waals surface area contributed by atoms with E-state index in [-0.39, 0.29) is 11.8 Å². The third kappa shape index (κ3) is 1.75. The number of amides is 1. The van der Waals surface area contributed by atoms with Gasteiger partial charge in [-0.1, -0.05) is 13.5 Å². The van der Waals surface area contributed by atoms with E-state index < -0.39 is 0 Å². The molecule has 0 bridgehead atoms. The fraction of sp³-hybridized carbons (Fsp3) is 0.625. The van der Waals surface area contributed by atoms with Crippen LogP contribution in [0.1, 0.15) is 19.8 Å². The lowest BCUT2D eigenvalue weighted by Crippen LogP contribution is -2.23. The van der Waals surface area contributed by atoms with Gasteiger partial charge in [-0.25, -0.2) is 0 Å². The fourth-order valence-corrected chi connectivity index (χ4v) is 1.84. The Morgan fingerprint density at radius 2 is 2.55 bits per heavy atom. The molecule has 0 saturated carbocycles. The van der Waals surface area contributed by atoms with Crippen molar-refractivity contribution in [1.29, 1.82) is 0 Å². The Morgan fingerprint density at radius 1 is 1.91 bits per heavy atom. The number of hydrogen-bond donors (Lipinski definition) is 0. The summed E-state index contributed by atoms with van der Waals surface area (Å²) < 4.78 is 0.851. The predicted molar refractivity (Wildman–Crippen MR) is 53.3 cm³/mol. The van der Waals surface area contributed by atoms with Gasteiger partial charge in [0.05, 0.1) is 3.70 Å². The van der Waals surface area contributed by atoms with Crippen LogP contribution in [0.2, 0.25) is 0 Å². The van der Waals surface area contributed by atoms with Crippen LogP contribution in [-0.4, -0.2) is 17.4 Å². The molecule has 0 aromatic rings. The number of carbonyl (C=O) groups is 1. The van der Waals surface area contributed by atoms with E-state index in [2.05, 4.69) is 36.1 Å². The van der Waals surface area contributed by atoms with Crippen LogP contribution in [0.4, 0.5) is 0 Å². The van der Waals surface area contributed by atoms with Crippen LogP contribution in [0, 0.1) is 5.92 Å². The molecule has 1 rings (SSSR count). The summed E-state index contributed by atoms with van der Waals surface area (Å²) in [5, 5.41) is 0. The zero-order chi connectivity index (χ0) is 8.43. The molecule has 3 heteroatoms. The van der Waals surface area contributed by atoms with Crippen molar-refractivity contribution in [2.75, 3.05) is 6.54 Å². The number of halogens is 1. The highest BCUT2D eigenvalue weighted by Gasteiger charge is 2.30. The van der Waals surface area contributed by atoms with Crippen LogP contribution < -0.4 is 0 Å². The topological polar surface area (TPSA) is 20.3 Å². The van der Waals surface area contributed by atoms with E-state index in [9.17, 15) is 4.79 Å². The van der Waals surface area contributed by atoms with Crippen LogP contribution in [0.15, 0.2) is 10.3 Å². The molecule has 1 atom stereocenters. The van der Waals surface area contributed by atoms with Crippen molar-refractivity contribution >= 4 is 28.5 Å². The maximum atomic E-state index is 11.4. The number of carbonyl (C=O) groups excluding carboxylic acids is 1. The molecule has 1 aliphatic heterocycles. The predicted octanol–water partition coefficient (Wildman–Crippen LogP) is 2.15. The molecule has 1 aliphatic rings. The van der Waals surface area contributed by atoms with E-state index in [0.29, 0.717) is 0 Å². The number of rotatable bonds is 2. The average molecular weight is 265 g/mol. The largest absolute Gasteiger partial charge is 0.307 e. The van der Waals surface area contributed by atoms with Crippen LogP contribution in [-0.2, 0) is 4.79 Å². The molecule has 2 nitrogen and oxygen atoms in total. The Bertz CT molecular complexity index is 191. The maximum Gasteiger partial charge on any atom is 0.230 e. The highest BCUT2D eigenvalue weighted by atomic mass is 127. The number of nitrogens with zero attached hydrogens (tertiary/aromatic N) is 1.